The first-order valence-corrected chi connectivity index (χ1v) is 12.0. The SMILES string of the molecule is CN(C)c1ccc(C=C2SC(=NC3CCCCC3)N(C3CCCCC3)C2=O)cc1. The van der Waals surface area contributed by atoms with Crippen molar-refractivity contribution in [2.75, 3.05) is 19.0 Å². The van der Waals surface area contributed by atoms with Crippen LogP contribution in [0.3, 0.4) is 0 Å². The van der Waals surface area contributed by atoms with Crippen molar-refractivity contribution in [3.63, 3.8) is 0 Å². The third kappa shape index (κ3) is 4.88. The molecule has 1 aromatic rings. The zero-order chi connectivity index (χ0) is 20.2. The number of thioether (sulfide) groups is 1. The van der Waals surface area contributed by atoms with Crippen molar-refractivity contribution >= 4 is 34.6 Å². The number of amidine groups is 1. The third-order valence-electron chi connectivity index (χ3n) is 6.35. The molecule has 0 atom stereocenters. The predicted octanol–water partition coefficient (Wildman–Crippen LogP) is 5.69. The fraction of sp³-hybridized carbons (Fsp3) is 0.583. The highest BCUT2D eigenvalue weighted by molar-refractivity contribution is 8.18. The maximum atomic E-state index is 13.4. The van der Waals surface area contributed by atoms with Gasteiger partial charge in [-0.05, 0) is 61.2 Å². The molecule has 1 saturated heterocycles. The molecule has 156 valence electrons. The van der Waals surface area contributed by atoms with Crippen LogP contribution in [0.5, 0.6) is 0 Å². The van der Waals surface area contributed by atoms with Gasteiger partial charge in [-0.15, -0.1) is 0 Å². The number of anilines is 1. The highest BCUT2D eigenvalue weighted by Crippen LogP contribution is 2.38. The average Bonchev–Trinajstić information content (AvgIpc) is 3.04. The Bertz CT molecular complexity index is 772. The molecule has 4 nitrogen and oxygen atoms in total. The average molecular weight is 412 g/mol. The van der Waals surface area contributed by atoms with Crippen LogP contribution in [-0.2, 0) is 4.79 Å². The van der Waals surface area contributed by atoms with E-state index >= 15 is 0 Å². The molecule has 5 heteroatoms. The Hall–Kier alpha value is -1.75. The van der Waals surface area contributed by atoms with E-state index in [2.05, 4.69) is 34.1 Å². The van der Waals surface area contributed by atoms with E-state index in [4.69, 9.17) is 4.99 Å². The van der Waals surface area contributed by atoms with Gasteiger partial charge >= 0.3 is 0 Å². The lowest BCUT2D eigenvalue weighted by molar-refractivity contribution is -0.124. The molecule has 1 aliphatic heterocycles. The molecule has 1 aromatic carbocycles. The number of amides is 1. The zero-order valence-corrected chi connectivity index (χ0v) is 18.6. The Morgan fingerprint density at radius 2 is 1.59 bits per heavy atom. The number of hydrogen-bond donors (Lipinski definition) is 0. The number of hydrogen-bond acceptors (Lipinski definition) is 4. The van der Waals surface area contributed by atoms with Gasteiger partial charge in [0.2, 0.25) is 0 Å². The standard InChI is InChI=1S/C24H33N3OS/c1-26(2)20-15-13-18(14-16-20)17-22-23(28)27(21-11-7-4-8-12-21)24(29-22)25-19-9-5-3-6-10-19/h13-17,19,21H,3-12H2,1-2H3. The lowest BCUT2D eigenvalue weighted by Gasteiger charge is -2.31. The molecule has 0 N–H and O–H groups in total. The van der Waals surface area contributed by atoms with Crippen LogP contribution < -0.4 is 4.90 Å². The second kappa shape index (κ2) is 9.38. The molecule has 1 amide bonds. The normalized spacial score (nSPS) is 24.6. The topological polar surface area (TPSA) is 35.9 Å². The molecule has 3 fully saturated rings. The quantitative estimate of drug-likeness (QED) is 0.597. The van der Waals surface area contributed by atoms with Gasteiger partial charge in [0.15, 0.2) is 5.17 Å². The second-order valence-electron chi connectivity index (χ2n) is 8.77. The second-order valence-corrected chi connectivity index (χ2v) is 9.78. The van der Waals surface area contributed by atoms with Gasteiger partial charge in [0, 0.05) is 25.8 Å². The summed E-state index contributed by atoms with van der Waals surface area (Å²) in [6.45, 7) is 0. The molecular weight excluding hydrogens is 378 g/mol. The van der Waals surface area contributed by atoms with Crippen molar-refractivity contribution in [2.24, 2.45) is 4.99 Å². The van der Waals surface area contributed by atoms with Gasteiger partial charge in [-0.3, -0.25) is 14.7 Å². The van der Waals surface area contributed by atoms with Gasteiger partial charge in [0.25, 0.3) is 5.91 Å². The van der Waals surface area contributed by atoms with Crippen LogP contribution in [0, 0.1) is 0 Å². The van der Waals surface area contributed by atoms with Crippen LogP contribution in [0.4, 0.5) is 5.69 Å². The molecule has 3 aliphatic rings. The number of carbonyl (C=O) groups is 1. The maximum absolute atomic E-state index is 13.4. The molecule has 1 heterocycles. The first kappa shape index (κ1) is 20.5. The molecule has 29 heavy (non-hydrogen) atoms. The summed E-state index contributed by atoms with van der Waals surface area (Å²) in [5, 5.41) is 0.963. The number of nitrogens with zero attached hydrogens (tertiary/aromatic N) is 3. The summed E-state index contributed by atoms with van der Waals surface area (Å²) >= 11 is 1.60. The number of rotatable bonds is 4. The minimum absolute atomic E-state index is 0.160. The fourth-order valence-corrected chi connectivity index (χ4v) is 5.73. The van der Waals surface area contributed by atoms with Crippen molar-refractivity contribution in [2.45, 2.75) is 76.3 Å². The molecule has 4 rings (SSSR count). The molecule has 2 saturated carbocycles. The summed E-state index contributed by atoms with van der Waals surface area (Å²) in [5.74, 6) is 0.160. The summed E-state index contributed by atoms with van der Waals surface area (Å²) in [4.78, 5) is 23.5. The smallest absolute Gasteiger partial charge is 0.266 e. The van der Waals surface area contributed by atoms with E-state index in [1.165, 1.54) is 57.1 Å². The Balaban J connectivity index is 1.59. The van der Waals surface area contributed by atoms with Crippen molar-refractivity contribution in [3.8, 4) is 0 Å². The highest BCUT2D eigenvalue weighted by Gasteiger charge is 2.39. The number of benzene rings is 1. The fourth-order valence-electron chi connectivity index (χ4n) is 4.62. The van der Waals surface area contributed by atoms with E-state index in [1.807, 2.05) is 20.2 Å². The Kier molecular flexibility index (Phi) is 6.63. The van der Waals surface area contributed by atoms with Crippen LogP contribution in [0.1, 0.15) is 69.8 Å². The van der Waals surface area contributed by atoms with E-state index in [9.17, 15) is 4.79 Å². The molecular formula is C24H33N3OS. The lowest BCUT2D eigenvalue weighted by atomic mass is 9.94. The van der Waals surface area contributed by atoms with Crippen molar-refractivity contribution < 1.29 is 4.79 Å². The van der Waals surface area contributed by atoms with Gasteiger partial charge in [-0.25, -0.2) is 0 Å². The first-order valence-electron chi connectivity index (χ1n) is 11.2. The maximum Gasteiger partial charge on any atom is 0.266 e. The molecule has 0 radical (unpaired) electrons. The molecule has 0 spiro atoms. The van der Waals surface area contributed by atoms with Gasteiger partial charge in [-0.2, -0.15) is 0 Å². The van der Waals surface area contributed by atoms with Gasteiger partial charge in [0.1, 0.15) is 0 Å². The Labute approximate surface area is 179 Å². The van der Waals surface area contributed by atoms with E-state index in [0.29, 0.717) is 12.1 Å². The lowest BCUT2D eigenvalue weighted by Crippen LogP contribution is -2.41. The Morgan fingerprint density at radius 1 is 0.966 bits per heavy atom. The summed E-state index contributed by atoms with van der Waals surface area (Å²) in [6.07, 6.45) is 14.2. The summed E-state index contributed by atoms with van der Waals surface area (Å²) in [5.41, 5.74) is 2.25. The Morgan fingerprint density at radius 3 is 2.21 bits per heavy atom. The minimum Gasteiger partial charge on any atom is -0.378 e. The summed E-state index contributed by atoms with van der Waals surface area (Å²) in [7, 11) is 4.08. The zero-order valence-electron chi connectivity index (χ0n) is 17.8. The van der Waals surface area contributed by atoms with Crippen LogP contribution in [0.25, 0.3) is 6.08 Å². The predicted molar refractivity (Wildman–Crippen MR) is 124 cm³/mol. The van der Waals surface area contributed by atoms with Crippen molar-refractivity contribution in [1.82, 2.24) is 4.90 Å². The van der Waals surface area contributed by atoms with Crippen LogP contribution >= 0.6 is 11.8 Å². The molecule has 0 bridgehead atoms. The van der Waals surface area contributed by atoms with Crippen LogP contribution in [0.2, 0.25) is 0 Å². The summed E-state index contributed by atoms with van der Waals surface area (Å²) in [6, 6.07) is 9.12. The van der Waals surface area contributed by atoms with Crippen molar-refractivity contribution in [3.05, 3.63) is 34.7 Å². The number of aliphatic imine (C=N–C) groups is 1. The van der Waals surface area contributed by atoms with Crippen molar-refractivity contribution in [1.29, 1.82) is 0 Å². The van der Waals surface area contributed by atoms with Gasteiger partial charge in [-0.1, -0.05) is 50.7 Å². The monoisotopic (exact) mass is 411 g/mol. The van der Waals surface area contributed by atoms with E-state index in [1.54, 1.807) is 11.8 Å². The molecule has 0 aromatic heterocycles. The number of carbonyl (C=O) groups excluding carboxylic acids is 1. The van der Waals surface area contributed by atoms with Crippen LogP contribution in [0.15, 0.2) is 34.2 Å². The molecule has 2 aliphatic carbocycles. The summed E-state index contributed by atoms with van der Waals surface area (Å²) < 4.78 is 0. The minimum atomic E-state index is 0.160. The van der Waals surface area contributed by atoms with E-state index in [0.717, 1.165) is 28.5 Å². The first-order chi connectivity index (χ1) is 14.1. The van der Waals surface area contributed by atoms with E-state index < -0.39 is 0 Å². The van der Waals surface area contributed by atoms with Crippen LogP contribution in [-0.4, -0.2) is 42.2 Å². The highest BCUT2D eigenvalue weighted by atomic mass is 32.2. The van der Waals surface area contributed by atoms with Gasteiger partial charge < -0.3 is 4.90 Å². The molecule has 0 unspecified atom stereocenters. The van der Waals surface area contributed by atoms with Gasteiger partial charge in [0.05, 0.1) is 10.9 Å². The van der Waals surface area contributed by atoms with E-state index in [-0.39, 0.29) is 5.91 Å². The largest absolute Gasteiger partial charge is 0.378 e. The third-order valence-corrected chi connectivity index (χ3v) is 7.35.